The fourth-order valence-corrected chi connectivity index (χ4v) is 6.09. The third kappa shape index (κ3) is 5.36. The highest BCUT2D eigenvalue weighted by Gasteiger charge is 2.30. The van der Waals surface area contributed by atoms with Crippen LogP contribution in [0.15, 0.2) is 0 Å². The minimum Gasteiger partial charge on any atom is -0.462 e. The van der Waals surface area contributed by atoms with Gasteiger partial charge in [-0.2, -0.15) is 4.31 Å². The number of fused-ring (bicyclic) bond motifs is 1. The number of hydrogen-bond donors (Lipinski definition) is 1. The second-order valence-corrected chi connectivity index (χ2v) is 10.9. The quantitative estimate of drug-likeness (QED) is 0.671. The fourth-order valence-electron chi connectivity index (χ4n) is 3.85. The topological polar surface area (TPSA) is 96.0 Å². The van der Waals surface area contributed by atoms with Gasteiger partial charge in [-0.3, -0.25) is 9.69 Å². The number of hydrogen-bond acceptors (Lipinski definition) is 7. The average molecular weight is 444 g/mol. The molecule has 0 aromatic carbocycles. The van der Waals surface area contributed by atoms with Crippen LogP contribution in [0.5, 0.6) is 0 Å². The second-order valence-electron chi connectivity index (χ2n) is 7.76. The highest BCUT2D eigenvalue weighted by molar-refractivity contribution is 7.88. The zero-order valence-corrected chi connectivity index (χ0v) is 18.8. The number of carbonyl (C=O) groups excluding carboxylic acids is 2. The zero-order valence-electron chi connectivity index (χ0n) is 17.2. The molecule has 0 saturated carbocycles. The van der Waals surface area contributed by atoms with Gasteiger partial charge in [-0.05, 0) is 37.7 Å². The van der Waals surface area contributed by atoms with E-state index in [1.807, 2.05) is 4.90 Å². The number of rotatable bonds is 6. The SMILES string of the molecule is CCOC(=O)c1c(NC(=O)CN2CCN(S(C)(=O)=O)CC2)sc2c1CC[C@@H](C)C2. The number of esters is 1. The molecule has 1 aromatic rings. The molecule has 1 atom stereocenters. The van der Waals surface area contributed by atoms with E-state index in [2.05, 4.69) is 12.2 Å². The molecule has 0 bridgehead atoms. The summed E-state index contributed by atoms with van der Waals surface area (Å²) in [6.45, 7) is 6.19. The zero-order chi connectivity index (χ0) is 21.2. The van der Waals surface area contributed by atoms with Crippen molar-refractivity contribution in [3.05, 3.63) is 16.0 Å². The lowest BCUT2D eigenvalue weighted by Gasteiger charge is -2.32. The van der Waals surface area contributed by atoms with E-state index in [4.69, 9.17) is 4.74 Å². The molecule has 162 valence electrons. The molecule has 1 aliphatic carbocycles. The first kappa shape index (κ1) is 22.2. The highest BCUT2D eigenvalue weighted by atomic mass is 32.2. The molecule has 1 aromatic heterocycles. The van der Waals surface area contributed by atoms with Gasteiger partial charge in [-0.15, -0.1) is 11.3 Å². The van der Waals surface area contributed by atoms with Crippen molar-refractivity contribution >= 4 is 38.2 Å². The van der Waals surface area contributed by atoms with Gasteiger partial charge < -0.3 is 10.1 Å². The number of anilines is 1. The molecule has 8 nitrogen and oxygen atoms in total. The molecular formula is C19H29N3O5S2. The van der Waals surface area contributed by atoms with Crippen molar-refractivity contribution in [2.45, 2.75) is 33.1 Å². The van der Waals surface area contributed by atoms with Crippen molar-refractivity contribution < 1.29 is 22.7 Å². The van der Waals surface area contributed by atoms with E-state index >= 15 is 0 Å². The van der Waals surface area contributed by atoms with Crippen molar-refractivity contribution in [1.29, 1.82) is 0 Å². The molecule has 1 saturated heterocycles. The number of thiophene rings is 1. The van der Waals surface area contributed by atoms with Gasteiger partial charge in [0.15, 0.2) is 0 Å². The van der Waals surface area contributed by atoms with Gasteiger partial charge in [0.2, 0.25) is 15.9 Å². The Morgan fingerprint density at radius 2 is 1.93 bits per heavy atom. The Kier molecular flexibility index (Phi) is 6.98. The van der Waals surface area contributed by atoms with Crippen molar-refractivity contribution in [1.82, 2.24) is 9.21 Å². The molecule has 10 heteroatoms. The number of carbonyl (C=O) groups is 2. The maximum Gasteiger partial charge on any atom is 0.341 e. The van der Waals surface area contributed by atoms with E-state index in [9.17, 15) is 18.0 Å². The monoisotopic (exact) mass is 443 g/mol. The van der Waals surface area contributed by atoms with Gasteiger partial charge in [0.05, 0.1) is 25.0 Å². The Labute approximate surface area is 176 Å². The van der Waals surface area contributed by atoms with Gasteiger partial charge in [0.25, 0.3) is 0 Å². The van der Waals surface area contributed by atoms with Crippen LogP contribution in [0, 0.1) is 5.92 Å². The van der Waals surface area contributed by atoms with Gasteiger partial charge in [-0.25, -0.2) is 13.2 Å². The lowest BCUT2D eigenvalue weighted by molar-refractivity contribution is -0.117. The van der Waals surface area contributed by atoms with Crippen LogP contribution >= 0.6 is 11.3 Å². The molecule has 0 radical (unpaired) electrons. The molecule has 1 fully saturated rings. The summed E-state index contributed by atoms with van der Waals surface area (Å²) in [5.74, 6) is -0.0162. The Morgan fingerprint density at radius 3 is 2.55 bits per heavy atom. The summed E-state index contributed by atoms with van der Waals surface area (Å²) in [6, 6.07) is 0. The first-order valence-corrected chi connectivity index (χ1v) is 12.6. The number of ether oxygens (including phenoxy) is 1. The molecule has 2 heterocycles. The normalized spacial score (nSPS) is 20.9. The lowest BCUT2D eigenvalue weighted by atomic mass is 9.88. The van der Waals surface area contributed by atoms with Crippen LogP contribution in [0.25, 0.3) is 0 Å². The van der Waals surface area contributed by atoms with Crippen molar-refractivity contribution in [2.75, 3.05) is 50.9 Å². The van der Waals surface area contributed by atoms with Gasteiger partial charge in [0.1, 0.15) is 5.00 Å². The summed E-state index contributed by atoms with van der Waals surface area (Å²) in [4.78, 5) is 28.3. The molecule has 1 amide bonds. The summed E-state index contributed by atoms with van der Waals surface area (Å²) in [5, 5.41) is 3.49. The first-order valence-electron chi connectivity index (χ1n) is 9.98. The highest BCUT2D eigenvalue weighted by Crippen LogP contribution is 2.40. The minimum atomic E-state index is -3.20. The maximum absolute atomic E-state index is 12.6. The van der Waals surface area contributed by atoms with E-state index < -0.39 is 10.0 Å². The Balaban J connectivity index is 1.68. The number of amides is 1. The molecular weight excluding hydrogens is 414 g/mol. The third-order valence-electron chi connectivity index (χ3n) is 5.41. The molecule has 1 aliphatic heterocycles. The Bertz CT molecular complexity index is 873. The number of nitrogens with zero attached hydrogens (tertiary/aromatic N) is 2. The molecule has 0 spiro atoms. The van der Waals surface area contributed by atoms with Gasteiger partial charge in [0, 0.05) is 31.1 Å². The summed E-state index contributed by atoms with van der Waals surface area (Å²) < 4.78 is 29.9. The number of piperazine rings is 1. The first-order chi connectivity index (χ1) is 13.7. The largest absolute Gasteiger partial charge is 0.462 e. The van der Waals surface area contributed by atoms with Crippen LogP contribution in [0.1, 0.15) is 41.1 Å². The van der Waals surface area contributed by atoms with Crippen molar-refractivity contribution in [3.8, 4) is 0 Å². The van der Waals surface area contributed by atoms with E-state index in [0.717, 1.165) is 29.7 Å². The van der Waals surface area contributed by atoms with Gasteiger partial charge in [-0.1, -0.05) is 6.92 Å². The summed E-state index contributed by atoms with van der Waals surface area (Å²) in [6.07, 6.45) is 3.96. The summed E-state index contributed by atoms with van der Waals surface area (Å²) >= 11 is 1.48. The smallest absolute Gasteiger partial charge is 0.341 e. The number of sulfonamides is 1. The molecule has 29 heavy (non-hydrogen) atoms. The molecule has 0 unspecified atom stereocenters. The van der Waals surface area contributed by atoms with Crippen molar-refractivity contribution in [3.63, 3.8) is 0 Å². The van der Waals surface area contributed by atoms with Crippen LogP contribution in [0.4, 0.5) is 5.00 Å². The van der Waals surface area contributed by atoms with Crippen LogP contribution < -0.4 is 5.32 Å². The summed E-state index contributed by atoms with van der Waals surface area (Å²) in [7, 11) is -3.20. The van der Waals surface area contributed by atoms with E-state index in [1.165, 1.54) is 21.9 Å². The van der Waals surface area contributed by atoms with Crippen LogP contribution in [-0.2, 0) is 32.4 Å². The van der Waals surface area contributed by atoms with Crippen LogP contribution in [0.3, 0.4) is 0 Å². The van der Waals surface area contributed by atoms with Crippen molar-refractivity contribution in [2.24, 2.45) is 5.92 Å². The Morgan fingerprint density at radius 1 is 1.24 bits per heavy atom. The Hall–Kier alpha value is -1.49. The van der Waals surface area contributed by atoms with Gasteiger partial charge >= 0.3 is 5.97 Å². The van der Waals surface area contributed by atoms with E-state index in [1.54, 1.807) is 6.92 Å². The number of nitrogens with one attached hydrogen (secondary N) is 1. The predicted octanol–water partition coefficient (Wildman–Crippen LogP) is 1.57. The molecule has 3 rings (SSSR count). The average Bonchev–Trinajstić information content (AvgIpc) is 2.98. The molecule has 1 N–H and O–H groups in total. The van der Waals surface area contributed by atoms with Crippen LogP contribution in [-0.4, -0.2) is 75.1 Å². The molecule has 2 aliphatic rings. The predicted molar refractivity (Wildman–Crippen MR) is 113 cm³/mol. The standard InChI is InChI=1S/C19H29N3O5S2/c1-4-27-19(24)17-14-6-5-13(2)11-15(14)28-18(17)20-16(23)12-21-7-9-22(10-8-21)29(3,25)26/h13H,4-12H2,1-3H3,(H,20,23)/t13-/m1/s1. The maximum atomic E-state index is 12.6. The lowest BCUT2D eigenvalue weighted by Crippen LogP contribution is -2.50. The van der Waals surface area contributed by atoms with E-state index in [0.29, 0.717) is 42.7 Å². The van der Waals surface area contributed by atoms with Crippen LogP contribution in [0.2, 0.25) is 0 Å². The summed E-state index contributed by atoms with van der Waals surface area (Å²) in [5.41, 5.74) is 1.53. The second kappa shape index (κ2) is 9.11. The fraction of sp³-hybridized carbons (Fsp3) is 0.684. The third-order valence-corrected chi connectivity index (χ3v) is 7.88. The minimum absolute atomic E-state index is 0.166. The van der Waals surface area contributed by atoms with E-state index in [-0.39, 0.29) is 25.0 Å².